The summed E-state index contributed by atoms with van der Waals surface area (Å²) >= 11 is 0. The molecular weight excluding hydrogens is 170 g/mol. The first-order chi connectivity index (χ1) is 6.79. The van der Waals surface area contributed by atoms with Crippen molar-refractivity contribution in [2.24, 2.45) is 5.92 Å². The van der Waals surface area contributed by atoms with Gasteiger partial charge in [-0.1, -0.05) is 26.7 Å². The largest absolute Gasteiger partial charge is 0.317 e. The zero-order valence-corrected chi connectivity index (χ0v) is 9.97. The Morgan fingerprint density at radius 3 is 2.07 bits per heavy atom. The molecule has 0 radical (unpaired) electrons. The smallest absolute Gasteiger partial charge is 0.0101 e. The minimum absolute atomic E-state index is 0.617. The van der Waals surface area contributed by atoms with Crippen molar-refractivity contribution in [2.45, 2.75) is 58.4 Å². The third kappa shape index (κ3) is 5.29. The van der Waals surface area contributed by atoms with E-state index in [4.69, 9.17) is 6.42 Å². The van der Waals surface area contributed by atoms with Gasteiger partial charge in [-0.3, -0.25) is 0 Å². The average molecular weight is 195 g/mol. The van der Waals surface area contributed by atoms with Crippen LogP contribution >= 0.6 is 0 Å². The van der Waals surface area contributed by atoms with E-state index in [2.05, 4.69) is 32.1 Å². The van der Waals surface area contributed by atoms with Crippen LogP contribution in [0.25, 0.3) is 0 Å². The molecule has 0 aliphatic heterocycles. The molecule has 1 N–H and O–H groups in total. The van der Waals surface area contributed by atoms with Gasteiger partial charge in [-0.15, -0.1) is 12.3 Å². The highest BCUT2D eigenvalue weighted by atomic mass is 14.9. The number of nitrogens with one attached hydrogen (secondary N) is 1. The second-order valence-electron chi connectivity index (χ2n) is 3.98. The molecule has 0 bridgehead atoms. The van der Waals surface area contributed by atoms with E-state index in [0.29, 0.717) is 6.04 Å². The molecule has 1 nitrogen and oxygen atoms in total. The molecule has 0 fully saturated rings. The first-order valence-electron chi connectivity index (χ1n) is 5.90. The summed E-state index contributed by atoms with van der Waals surface area (Å²) in [5.74, 6) is 3.54. The van der Waals surface area contributed by atoms with Crippen LogP contribution in [0.5, 0.6) is 0 Å². The van der Waals surface area contributed by atoms with E-state index in [1.54, 1.807) is 0 Å². The maximum Gasteiger partial charge on any atom is 0.0101 e. The Morgan fingerprint density at radius 2 is 1.71 bits per heavy atom. The zero-order chi connectivity index (χ0) is 10.8. The first-order valence-corrected chi connectivity index (χ1v) is 5.90. The quantitative estimate of drug-likeness (QED) is 0.586. The van der Waals surface area contributed by atoms with Crippen LogP contribution in [0.3, 0.4) is 0 Å². The number of hydrogen-bond acceptors (Lipinski definition) is 1. The van der Waals surface area contributed by atoms with Gasteiger partial charge in [0, 0.05) is 12.5 Å². The number of hydrogen-bond donors (Lipinski definition) is 1. The molecule has 0 aromatic rings. The van der Waals surface area contributed by atoms with Crippen LogP contribution in [0.2, 0.25) is 0 Å². The van der Waals surface area contributed by atoms with E-state index >= 15 is 0 Å². The van der Waals surface area contributed by atoms with Crippen molar-refractivity contribution in [3.63, 3.8) is 0 Å². The molecule has 82 valence electrons. The predicted molar refractivity (Wildman–Crippen MR) is 64.2 cm³/mol. The Kier molecular flexibility index (Phi) is 8.78. The molecule has 0 saturated heterocycles. The maximum absolute atomic E-state index is 5.30. The highest BCUT2D eigenvalue weighted by Gasteiger charge is 2.17. The monoisotopic (exact) mass is 195 g/mol. The van der Waals surface area contributed by atoms with E-state index in [9.17, 15) is 0 Å². The van der Waals surface area contributed by atoms with Crippen LogP contribution < -0.4 is 5.32 Å². The van der Waals surface area contributed by atoms with Crippen molar-refractivity contribution in [2.75, 3.05) is 7.05 Å². The maximum atomic E-state index is 5.30. The van der Waals surface area contributed by atoms with E-state index < -0.39 is 0 Å². The molecule has 0 aliphatic carbocycles. The summed E-state index contributed by atoms with van der Waals surface area (Å²) in [4.78, 5) is 0. The molecule has 0 saturated carbocycles. The van der Waals surface area contributed by atoms with Crippen LogP contribution in [0.4, 0.5) is 0 Å². The van der Waals surface area contributed by atoms with Gasteiger partial charge >= 0.3 is 0 Å². The lowest BCUT2D eigenvalue weighted by Crippen LogP contribution is -2.33. The van der Waals surface area contributed by atoms with Gasteiger partial charge < -0.3 is 5.32 Å². The molecule has 1 unspecified atom stereocenters. The van der Waals surface area contributed by atoms with Gasteiger partial charge in [0.1, 0.15) is 0 Å². The van der Waals surface area contributed by atoms with E-state index in [0.717, 1.165) is 18.8 Å². The topological polar surface area (TPSA) is 12.0 Å². The van der Waals surface area contributed by atoms with Gasteiger partial charge in [0.25, 0.3) is 0 Å². The van der Waals surface area contributed by atoms with Crippen LogP contribution in [-0.4, -0.2) is 13.1 Å². The van der Waals surface area contributed by atoms with E-state index in [1.165, 1.54) is 25.7 Å². The van der Waals surface area contributed by atoms with Gasteiger partial charge in [0.15, 0.2) is 0 Å². The van der Waals surface area contributed by atoms with Gasteiger partial charge in [-0.25, -0.2) is 0 Å². The third-order valence-electron chi connectivity index (χ3n) is 2.86. The van der Waals surface area contributed by atoms with Crippen LogP contribution in [-0.2, 0) is 0 Å². The van der Waals surface area contributed by atoms with E-state index in [1.807, 2.05) is 0 Å². The minimum Gasteiger partial charge on any atom is -0.317 e. The summed E-state index contributed by atoms with van der Waals surface area (Å²) in [5, 5.41) is 3.41. The zero-order valence-electron chi connectivity index (χ0n) is 9.97. The molecule has 0 spiro atoms. The molecule has 0 aliphatic rings. The van der Waals surface area contributed by atoms with Crippen molar-refractivity contribution in [3.05, 3.63) is 0 Å². The molecule has 14 heavy (non-hydrogen) atoms. The lowest BCUT2D eigenvalue weighted by molar-refractivity contribution is 0.312. The van der Waals surface area contributed by atoms with Crippen molar-refractivity contribution in [1.29, 1.82) is 0 Å². The molecule has 0 amide bonds. The molecule has 0 rings (SSSR count). The molecule has 1 heteroatoms. The second-order valence-corrected chi connectivity index (χ2v) is 3.98. The summed E-state index contributed by atoms with van der Waals surface area (Å²) in [6.07, 6.45) is 12.5. The molecular formula is C13H25N. The Hall–Kier alpha value is -0.480. The van der Waals surface area contributed by atoms with Crippen molar-refractivity contribution < 1.29 is 0 Å². The van der Waals surface area contributed by atoms with Crippen LogP contribution in [0, 0.1) is 18.3 Å². The lowest BCUT2D eigenvalue weighted by Gasteiger charge is -2.25. The molecule has 0 aromatic heterocycles. The Morgan fingerprint density at radius 1 is 1.14 bits per heavy atom. The van der Waals surface area contributed by atoms with Crippen molar-refractivity contribution >= 4 is 0 Å². The minimum atomic E-state index is 0.617. The lowest BCUT2D eigenvalue weighted by atomic mass is 9.88. The molecule has 0 aromatic carbocycles. The predicted octanol–water partition coefficient (Wildman–Crippen LogP) is 3.20. The fraction of sp³-hybridized carbons (Fsp3) is 0.846. The Balaban J connectivity index is 4.04. The summed E-state index contributed by atoms with van der Waals surface area (Å²) in [7, 11) is 2.06. The SMILES string of the molecule is C#CCCC(NC)C(CCC)CCC. The van der Waals surface area contributed by atoms with Crippen molar-refractivity contribution in [1.82, 2.24) is 5.32 Å². The normalized spacial score (nSPS) is 12.8. The van der Waals surface area contributed by atoms with Gasteiger partial charge in [0.2, 0.25) is 0 Å². The number of terminal acetylenes is 1. The summed E-state index contributed by atoms with van der Waals surface area (Å²) in [6.45, 7) is 4.52. The molecule has 0 heterocycles. The van der Waals surface area contributed by atoms with Gasteiger partial charge in [0.05, 0.1) is 0 Å². The fourth-order valence-corrected chi connectivity index (χ4v) is 2.14. The second kappa shape index (κ2) is 9.09. The van der Waals surface area contributed by atoms with Gasteiger partial charge in [-0.2, -0.15) is 0 Å². The highest BCUT2D eigenvalue weighted by Crippen LogP contribution is 2.20. The van der Waals surface area contributed by atoms with Crippen molar-refractivity contribution in [3.8, 4) is 12.3 Å². The summed E-state index contributed by atoms with van der Waals surface area (Å²) in [5.41, 5.74) is 0. The summed E-state index contributed by atoms with van der Waals surface area (Å²) < 4.78 is 0. The Bertz CT molecular complexity index is 151. The van der Waals surface area contributed by atoms with Gasteiger partial charge in [-0.05, 0) is 32.2 Å². The average Bonchev–Trinajstić information content (AvgIpc) is 2.19. The standard InChI is InChI=1S/C13H25N/c1-5-8-11-13(14-4)12(9-6-2)10-7-3/h1,12-14H,6-11H2,2-4H3. The summed E-state index contributed by atoms with van der Waals surface area (Å²) in [6, 6.07) is 0.617. The van der Waals surface area contributed by atoms with E-state index in [-0.39, 0.29) is 0 Å². The number of rotatable bonds is 8. The Labute approximate surface area is 89.7 Å². The fourth-order valence-electron chi connectivity index (χ4n) is 2.14. The first kappa shape index (κ1) is 13.5. The van der Waals surface area contributed by atoms with Crippen LogP contribution in [0.15, 0.2) is 0 Å². The molecule has 1 atom stereocenters. The third-order valence-corrected chi connectivity index (χ3v) is 2.86. The van der Waals surface area contributed by atoms with Crippen LogP contribution in [0.1, 0.15) is 52.4 Å². The highest BCUT2D eigenvalue weighted by molar-refractivity contribution is 4.87.